The molecule has 2 aliphatic heterocycles. The Morgan fingerprint density at radius 1 is 1.27 bits per heavy atom. The van der Waals surface area contributed by atoms with Gasteiger partial charge in [-0.2, -0.15) is 0 Å². The number of hydrogen-bond acceptors (Lipinski definition) is 3. The number of hydrogen-bond donors (Lipinski definition) is 2. The molecule has 0 spiro atoms. The summed E-state index contributed by atoms with van der Waals surface area (Å²) < 4.78 is 6.01. The number of fused-ring (bicyclic) bond motifs is 1. The van der Waals surface area contributed by atoms with Gasteiger partial charge in [0.05, 0.1) is 12.7 Å². The topological polar surface area (TPSA) is 48.9 Å². The Bertz CT molecular complexity index is 578. The van der Waals surface area contributed by atoms with Gasteiger partial charge in [0.1, 0.15) is 0 Å². The molecule has 6 heteroatoms. The third kappa shape index (κ3) is 5.57. The molecule has 0 saturated carbocycles. The van der Waals surface area contributed by atoms with Crippen LogP contribution in [0.5, 0.6) is 0 Å². The second-order valence-electron chi connectivity index (χ2n) is 7.80. The van der Waals surface area contributed by atoms with Gasteiger partial charge in [-0.1, -0.05) is 44.2 Å². The van der Waals surface area contributed by atoms with E-state index in [4.69, 9.17) is 4.74 Å². The van der Waals surface area contributed by atoms with Crippen molar-refractivity contribution in [2.45, 2.75) is 44.2 Å². The van der Waals surface area contributed by atoms with Crippen molar-refractivity contribution in [2.75, 3.05) is 39.8 Å². The number of nitrogens with zero attached hydrogens (tertiary/aromatic N) is 2. The Morgan fingerprint density at radius 3 is 2.77 bits per heavy atom. The molecule has 2 atom stereocenters. The van der Waals surface area contributed by atoms with Crippen molar-refractivity contribution in [3.63, 3.8) is 0 Å². The Balaban J connectivity index is 0.00000243. The number of rotatable bonds is 5. The van der Waals surface area contributed by atoms with Gasteiger partial charge in [0.25, 0.3) is 0 Å². The van der Waals surface area contributed by atoms with Gasteiger partial charge >= 0.3 is 0 Å². The lowest BCUT2D eigenvalue weighted by Gasteiger charge is -2.35. The van der Waals surface area contributed by atoms with E-state index >= 15 is 0 Å². The zero-order valence-electron chi connectivity index (χ0n) is 16.2. The van der Waals surface area contributed by atoms with Gasteiger partial charge in [-0.05, 0) is 24.9 Å². The Hall–Kier alpha value is -0.860. The van der Waals surface area contributed by atoms with Gasteiger partial charge in [0.2, 0.25) is 0 Å². The molecule has 1 aromatic rings. The van der Waals surface area contributed by atoms with Crippen LogP contribution in [0, 0.1) is 0 Å². The molecule has 2 aliphatic rings. The maximum absolute atomic E-state index is 6.01. The fraction of sp³-hybridized carbons (Fsp3) is 0.650. The molecule has 0 amide bonds. The van der Waals surface area contributed by atoms with Crippen LogP contribution in [0.15, 0.2) is 35.3 Å². The van der Waals surface area contributed by atoms with Crippen molar-refractivity contribution in [2.24, 2.45) is 4.99 Å². The van der Waals surface area contributed by atoms with E-state index in [0.717, 1.165) is 32.2 Å². The van der Waals surface area contributed by atoms with E-state index in [1.165, 1.54) is 24.9 Å². The summed E-state index contributed by atoms with van der Waals surface area (Å²) in [5.41, 5.74) is 1.37. The third-order valence-electron chi connectivity index (χ3n) is 5.44. The van der Waals surface area contributed by atoms with Crippen LogP contribution in [0.25, 0.3) is 0 Å². The van der Waals surface area contributed by atoms with Crippen molar-refractivity contribution in [3.05, 3.63) is 35.9 Å². The highest BCUT2D eigenvalue weighted by molar-refractivity contribution is 14.0. The summed E-state index contributed by atoms with van der Waals surface area (Å²) in [5, 5.41) is 6.89. The van der Waals surface area contributed by atoms with Crippen LogP contribution >= 0.6 is 24.0 Å². The Kier molecular flexibility index (Phi) is 8.16. The first-order chi connectivity index (χ1) is 12.1. The summed E-state index contributed by atoms with van der Waals surface area (Å²) in [6, 6.07) is 11.3. The molecule has 26 heavy (non-hydrogen) atoms. The summed E-state index contributed by atoms with van der Waals surface area (Å²) in [5.74, 6) is 0.844. The smallest absolute Gasteiger partial charge is 0.191 e. The van der Waals surface area contributed by atoms with Gasteiger partial charge in [-0.15, -0.1) is 24.0 Å². The van der Waals surface area contributed by atoms with Crippen LogP contribution < -0.4 is 10.6 Å². The maximum Gasteiger partial charge on any atom is 0.191 e. The van der Waals surface area contributed by atoms with Crippen molar-refractivity contribution in [1.29, 1.82) is 0 Å². The predicted molar refractivity (Wildman–Crippen MR) is 119 cm³/mol. The SMILES string of the molecule is CN=C(NCC1CN2CCCC2CO1)NCC(C)(C)c1ccccc1.I. The second kappa shape index (κ2) is 9.90. The zero-order chi connectivity index (χ0) is 17.7. The lowest BCUT2D eigenvalue weighted by molar-refractivity contribution is -0.0453. The number of guanidine groups is 1. The molecular weight excluding hydrogens is 439 g/mol. The minimum atomic E-state index is 0. The number of ether oxygens (including phenoxy) is 1. The van der Waals surface area contributed by atoms with Gasteiger partial charge in [0.15, 0.2) is 5.96 Å². The molecular formula is C20H33IN4O. The van der Waals surface area contributed by atoms with Crippen LogP contribution in [0.4, 0.5) is 0 Å². The fourth-order valence-corrected chi connectivity index (χ4v) is 3.74. The highest BCUT2D eigenvalue weighted by Crippen LogP contribution is 2.23. The summed E-state index contributed by atoms with van der Waals surface area (Å²) in [6.45, 7) is 9.26. The number of benzene rings is 1. The average molecular weight is 472 g/mol. The lowest BCUT2D eigenvalue weighted by Crippen LogP contribution is -2.52. The molecule has 5 nitrogen and oxygen atoms in total. The van der Waals surface area contributed by atoms with E-state index in [1.54, 1.807) is 0 Å². The summed E-state index contributed by atoms with van der Waals surface area (Å²) in [7, 11) is 1.82. The summed E-state index contributed by atoms with van der Waals surface area (Å²) in [4.78, 5) is 6.93. The summed E-state index contributed by atoms with van der Waals surface area (Å²) in [6.07, 6.45) is 2.85. The number of aliphatic imine (C=N–C) groups is 1. The molecule has 2 saturated heterocycles. The van der Waals surface area contributed by atoms with Crippen LogP contribution in [0.3, 0.4) is 0 Å². The molecule has 1 aromatic carbocycles. The third-order valence-corrected chi connectivity index (χ3v) is 5.44. The van der Waals surface area contributed by atoms with Crippen LogP contribution in [-0.2, 0) is 10.2 Å². The second-order valence-corrected chi connectivity index (χ2v) is 7.80. The zero-order valence-corrected chi connectivity index (χ0v) is 18.5. The molecule has 2 fully saturated rings. The van der Waals surface area contributed by atoms with Crippen LogP contribution in [0.1, 0.15) is 32.3 Å². The number of nitrogens with one attached hydrogen (secondary N) is 2. The number of halogens is 1. The first-order valence-corrected chi connectivity index (χ1v) is 9.44. The normalized spacial score (nSPS) is 23.9. The first kappa shape index (κ1) is 21.4. The van der Waals surface area contributed by atoms with Crippen molar-refractivity contribution < 1.29 is 4.74 Å². The molecule has 146 valence electrons. The van der Waals surface area contributed by atoms with Gasteiger partial charge in [-0.3, -0.25) is 9.89 Å². The highest BCUT2D eigenvalue weighted by Gasteiger charge is 2.32. The van der Waals surface area contributed by atoms with Crippen molar-refractivity contribution >= 4 is 29.9 Å². The van der Waals surface area contributed by atoms with E-state index in [0.29, 0.717) is 6.04 Å². The molecule has 0 aliphatic carbocycles. The fourth-order valence-electron chi connectivity index (χ4n) is 3.74. The van der Waals surface area contributed by atoms with Gasteiger partial charge < -0.3 is 15.4 Å². The number of morpholine rings is 1. The van der Waals surface area contributed by atoms with Crippen molar-refractivity contribution in [1.82, 2.24) is 15.5 Å². The summed E-state index contributed by atoms with van der Waals surface area (Å²) >= 11 is 0. The van der Waals surface area contributed by atoms with E-state index in [9.17, 15) is 0 Å². The Morgan fingerprint density at radius 2 is 2.04 bits per heavy atom. The van der Waals surface area contributed by atoms with Crippen LogP contribution in [0.2, 0.25) is 0 Å². The van der Waals surface area contributed by atoms with E-state index in [-0.39, 0.29) is 35.5 Å². The standard InChI is InChI=1S/C20H32N4O.HI/c1-20(2,16-8-5-4-6-9-16)15-23-19(21-3)22-12-18-13-24-11-7-10-17(24)14-25-18;/h4-6,8-9,17-18H,7,10-15H2,1-3H3,(H2,21,22,23);1H. The first-order valence-electron chi connectivity index (χ1n) is 9.44. The van der Waals surface area contributed by atoms with E-state index in [2.05, 4.69) is 64.7 Å². The molecule has 2 unspecified atom stereocenters. The molecule has 3 rings (SSSR count). The maximum atomic E-state index is 6.01. The monoisotopic (exact) mass is 472 g/mol. The molecule has 2 heterocycles. The molecule has 0 aromatic heterocycles. The quantitative estimate of drug-likeness (QED) is 0.393. The molecule has 0 bridgehead atoms. The lowest BCUT2D eigenvalue weighted by atomic mass is 9.85. The van der Waals surface area contributed by atoms with Gasteiger partial charge in [0, 0.05) is 38.1 Å². The predicted octanol–water partition coefficient (Wildman–Crippen LogP) is 2.61. The molecule has 0 radical (unpaired) electrons. The van der Waals surface area contributed by atoms with Crippen molar-refractivity contribution in [3.8, 4) is 0 Å². The van der Waals surface area contributed by atoms with E-state index in [1.807, 2.05) is 7.05 Å². The highest BCUT2D eigenvalue weighted by atomic mass is 127. The molecule has 2 N–H and O–H groups in total. The van der Waals surface area contributed by atoms with Crippen LogP contribution in [-0.4, -0.2) is 62.8 Å². The Labute approximate surface area is 175 Å². The van der Waals surface area contributed by atoms with Gasteiger partial charge in [-0.25, -0.2) is 0 Å². The van der Waals surface area contributed by atoms with E-state index < -0.39 is 0 Å². The minimum absolute atomic E-state index is 0. The average Bonchev–Trinajstić information content (AvgIpc) is 3.10. The minimum Gasteiger partial charge on any atom is -0.373 e. The largest absolute Gasteiger partial charge is 0.373 e.